The van der Waals surface area contributed by atoms with Gasteiger partial charge in [0.05, 0.1) is 6.04 Å². The molecule has 1 aromatic rings. The summed E-state index contributed by atoms with van der Waals surface area (Å²) < 4.78 is 0. The Balaban J connectivity index is 2.62. The number of carbonyl (C=O) groups excluding carboxylic acids is 1. The zero-order valence-electron chi connectivity index (χ0n) is 8.26. The molecule has 1 rings (SSSR count). The Kier molecular flexibility index (Phi) is 4.39. The molecule has 0 aromatic heterocycles. The number of amides is 1. The molecule has 1 aromatic carbocycles. The van der Waals surface area contributed by atoms with Gasteiger partial charge >= 0.3 is 0 Å². The van der Waals surface area contributed by atoms with E-state index in [9.17, 15) is 4.79 Å². The van der Waals surface area contributed by atoms with Gasteiger partial charge in [-0.2, -0.15) is 0 Å². The third kappa shape index (κ3) is 3.70. The summed E-state index contributed by atoms with van der Waals surface area (Å²) in [5.41, 5.74) is 6.21. The lowest BCUT2D eigenvalue weighted by atomic mass is 10.2. The van der Waals surface area contributed by atoms with Crippen molar-refractivity contribution in [3.8, 4) is 0 Å². The predicted octanol–water partition coefficient (Wildman–Crippen LogP) is 1.96. The van der Waals surface area contributed by atoms with Crippen LogP contribution in [0.25, 0.3) is 0 Å². The summed E-state index contributed by atoms with van der Waals surface area (Å²) in [6, 6.07) is 4.61. The van der Waals surface area contributed by atoms with Crippen molar-refractivity contribution in [1.82, 2.24) is 5.32 Å². The summed E-state index contributed by atoms with van der Waals surface area (Å²) in [4.78, 5) is 11.2. The third-order valence-electron chi connectivity index (χ3n) is 1.88. The first-order chi connectivity index (χ1) is 7.00. The molecule has 1 atom stereocenters. The van der Waals surface area contributed by atoms with E-state index in [0.29, 0.717) is 16.6 Å². The van der Waals surface area contributed by atoms with Crippen LogP contribution in [-0.4, -0.2) is 11.9 Å². The fourth-order valence-corrected chi connectivity index (χ4v) is 1.48. The summed E-state index contributed by atoms with van der Waals surface area (Å²) in [7, 11) is 0. The van der Waals surface area contributed by atoms with Crippen molar-refractivity contribution < 1.29 is 4.79 Å². The minimum atomic E-state index is -0.518. The van der Waals surface area contributed by atoms with Crippen LogP contribution in [0, 0.1) is 0 Å². The molecule has 15 heavy (non-hydrogen) atoms. The quantitative estimate of drug-likeness (QED) is 0.857. The smallest absolute Gasteiger partial charge is 0.236 e. The van der Waals surface area contributed by atoms with Crippen LogP contribution >= 0.6 is 23.2 Å². The highest BCUT2D eigenvalue weighted by molar-refractivity contribution is 6.35. The highest BCUT2D eigenvalue weighted by Crippen LogP contribution is 2.20. The molecule has 0 aliphatic heterocycles. The Morgan fingerprint density at radius 2 is 2.20 bits per heavy atom. The van der Waals surface area contributed by atoms with Gasteiger partial charge in [0, 0.05) is 16.6 Å². The predicted molar refractivity (Wildman–Crippen MR) is 62.0 cm³/mol. The number of carbonyl (C=O) groups is 1. The molecule has 0 aliphatic carbocycles. The Morgan fingerprint density at radius 3 is 2.73 bits per heavy atom. The Hall–Kier alpha value is -0.770. The molecule has 0 saturated heterocycles. The van der Waals surface area contributed by atoms with Crippen molar-refractivity contribution >= 4 is 29.1 Å². The van der Waals surface area contributed by atoms with Crippen molar-refractivity contribution in [2.75, 3.05) is 0 Å². The van der Waals surface area contributed by atoms with Crippen molar-refractivity contribution in [1.29, 1.82) is 0 Å². The van der Waals surface area contributed by atoms with Gasteiger partial charge in [-0.1, -0.05) is 29.3 Å². The second-order valence-corrected chi connectivity index (χ2v) is 4.09. The number of hydrogen-bond acceptors (Lipinski definition) is 2. The average molecular weight is 247 g/mol. The van der Waals surface area contributed by atoms with Crippen LogP contribution in [0.4, 0.5) is 0 Å². The van der Waals surface area contributed by atoms with E-state index in [1.165, 1.54) is 0 Å². The number of hydrogen-bond donors (Lipinski definition) is 2. The molecular formula is C10H12Cl2N2O. The standard InChI is InChI=1S/C10H12Cl2N2O/c1-6(13)10(15)14-5-7-2-3-8(11)4-9(7)12/h2-4,6H,5,13H2,1H3,(H,14,15). The molecule has 0 bridgehead atoms. The number of benzene rings is 1. The van der Waals surface area contributed by atoms with E-state index in [0.717, 1.165) is 5.56 Å². The van der Waals surface area contributed by atoms with E-state index in [4.69, 9.17) is 28.9 Å². The zero-order valence-corrected chi connectivity index (χ0v) is 9.77. The van der Waals surface area contributed by atoms with Gasteiger partial charge in [-0.3, -0.25) is 4.79 Å². The molecule has 82 valence electrons. The van der Waals surface area contributed by atoms with E-state index >= 15 is 0 Å². The van der Waals surface area contributed by atoms with Gasteiger partial charge in [0.15, 0.2) is 0 Å². The summed E-state index contributed by atoms with van der Waals surface area (Å²) in [5.74, 6) is -0.207. The van der Waals surface area contributed by atoms with Crippen LogP contribution < -0.4 is 11.1 Å². The van der Waals surface area contributed by atoms with Gasteiger partial charge in [0.25, 0.3) is 0 Å². The first-order valence-electron chi connectivity index (χ1n) is 4.48. The molecule has 0 spiro atoms. The highest BCUT2D eigenvalue weighted by atomic mass is 35.5. The summed E-state index contributed by atoms with van der Waals surface area (Å²) in [6.45, 7) is 1.98. The maximum absolute atomic E-state index is 11.2. The van der Waals surface area contributed by atoms with Gasteiger partial charge in [0.2, 0.25) is 5.91 Å². The lowest BCUT2D eigenvalue weighted by Gasteiger charge is -2.09. The van der Waals surface area contributed by atoms with Gasteiger partial charge < -0.3 is 11.1 Å². The van der Waals surface area contributed by atoms with Gasteiger partial charge in [-0.15, -0.1) is 0 Å². The van der Waals surface area contributed by atoms with Crippen LogP contribution in [-0.2, 0) is 11.3 Å². The number of halogens is 2. The summed E-state index contributed by atoms with van der Waals surface area (Å²) in [6.07, 6.45) is 0. The minimum Gasteiger partial charge on any atom is -0.351 e. The molecule has 3 N–H and O–H groups in total. The molecule has 0 fully saturated rings. The van der Waals surface area contributed by atoms with Crippen molar-refractivity contribution in [2.24, 2.45) is 5.73 Å². The fraction of sp³-hybridized carbons (Fsp3) is 0.300. The average Bonchev–Trinajstić information content (AvgIpc) is 2.15. The largest absolute Gasteiger partial charge is 0.351 e. The van der Waals surface area contributed by atoms with Crippen LogP contribution in [0.3, 0.4) is 0 Å². The van der Waals surface area contributed by atoms with Crippen LogP contribution in [0.15, 0.2) is 18.2 Å². The van der Waals surface area contributed by atoms with Crippen molar-refractivity contribution in [3.63, 3.8) is 0 Å². The maximum atomic E-state index is 11.2. The van der Waals surface area contributed by atoms with E-state index in [2.05, 4.69) is 5.32 Å². The molecule has 5 heteroatoms. The Bertz CT molecular complexity index is 366. The second kappa shape index (κ2) is 5.35. The lowest BCUT2D eigenvalue weighted by Crippen LogP contribution is -2.37. The monoisotopic (exact) mass is 246 g/mol. The van der Waals surface area contributed by atoms with E-state index in [-0.39, 0.29) is 5.91 Å². The molecule has 0 aliphatic rings. The van der Waals surface area contributed by atoms with Crippen LogP contribution in [0.2, 0.25) is 10.0 Å². The van der Waals surface area contributed by atoms with Crippen molar-refractivity contribution in [2.45, 2.75) is 19.5 Å². The van der Waals surface area contributed by atoms with Crippen LogP contribution in [0.5, 0.6) is 0 Å². The molecule has 0 heterocycles. The number of nitrogens with two attached hydrogens (primary N) is 1. The Labute approximate surface area is 98.5 Å². The van der Waals surface area contributed by atoms with Gasteiger partial charge in [-0.25, -0.2) is 0 Å². The molecule has 1 amide bonds. The fourth-order valence-electron chi connectivity index (χ4n) is 1.01. The minimum absolute atomic E-state index is 0.207. The molecule has 1 unspecified atom stereocenters. The third-order valence-corrected chi connectivity index (χ3v) is 2.47. The van der Waals surface area contributed by atoms with Crippen molar-refractivity contribution in [3.05, 3.63) is 33.8 Å². The Morgan fingerprint density at radius 1 is 1.53 bits per heavy atom. The second-order valence-electron chi connectivity index (χ2n) is 3.24. The number of nitrogens with one attached hydrogen (secondary N) is 1. The topological polar surface area (TPSA) is 55.1 Å². The summed E-state index contributed by atoms with van der Waals surface area (Å²) in [5, 5.41) is 3.77. The number of rotatable bonds is 3. The van der Waals surface area contributed by atoms with Gasteiger partial charge in [0.1, 0.15) is 0 Å². The first-order valence-corrected chi connectivity index (χ1v) is 5.23. The van der Waals surface area contributed by atoms with E-state index in [1.54, 1.807) is 25.1 Å². The molecule has 3 nitrogen and oxygen atoms in total. The normalized spacial score (nSPS) is 12.3. The molecule has 0 saturated carbocycles. The van der Waals surface area contributed by atoms with E-state index < -0.39 is 6.04 Å². The maximum Gasteiger partial charge on any atom is 0.236 e. The first kappa shape index (κ1) is 12.3. The van der Waals surface area contributed by atoms with E-state index in [1.807, 2.05) is 0 Å². The lowest BCUT2D eigenvalue weighted by molar-refractivity contribution is -0.122. The highest BCUT2D eigenvalue weighted by Gasteiger charge is 2.07. The SMILES string of the molecule is CC(N)C(=O)NCc1ccc(Cl)cc1Cl. The summed E-state index contributed by atoms with van der Waals surface area (Å²) >= 11 is 11.7. The molecular weight excluding hydrogens is 235 g/mol. The van der Waals surface area contributed by atoms with Gasteiger partial charge in [-0.05, 0) is 24.6 Å². The molecule has 0 radical (unpaired) electrons. The van der Waals surface area contributed by atoms with Crippen LogP contribution in [0.1, 0.15) is 12.5 Å². The zero-order chi connectivity index (χ0) is 11.4.